The Morgan fingerprint density at radius 3 is 2.45 bits per heavy atom. The average Bonchev–Trinajstić information content (AvgIpc) is 2.30. The summed E-state index contributed by atoms with van der Waals surface area (Å²) in [6, 6.07) is 3.32. The number of aromatic hydroxyl groups is 1. The maximum atomic E-state index is 11.8. The van der Waals surface area contributed by atoms with E-state index in [-0.39, 0.29) is 22.5 Å². The third kappa shape index (κ3) is 4.46. The van der Waals surface area contributed by atoms with E-state index >= 15 is 0 Å². The zero-order valence-corrected chi connectivity index (χ0v) is 11.9. The van der Waals surface area contributed by atoms with E-state index in [1.54, 1.807) is 0 Å². The summed E-state index contributed by atoms with van der Waals surface area (Å²) in [7, 11) is 0. The van der Waals surface area contributed by atoms with Gasteiger partial charge in [-0.3, -0.25) is 0 Å². The molecule has 0 radical (unpaired) electrons. The molecule has 1 aromatic rings. The molecule has 0 aromatic heterocycles. The Kier molecular flexibility index (Phi) is 4.96. The predicted molar refractivity (Wildman–Crippen MR) is 76.2 cm³/mol. The zero-order valence-electron chi connectivity index (χ0n) is 11.9. The monoisotopic (exact) mass is 280 g/mol. The molecule has 0 aliphatic carbocycles. The molecule has 0 unspecified atom stereocenters. The van der Waals surface area contributed by atoms with E-state index < -0.39 is 12.0 Å². The van der Waals surface area contributed by atoms with Gasteiger partial charge in [-0.25, -0.2) is 9.59 Å². The van der Waals surface area contributed by atoms with Crippen LogP contribution in [-0.2, 0) is 0 Å². The number of benzene rings is 1. The van der Waals surface area contributed by atoms with Crippen molar-refractivity contribution in [3.8, 4) is 5.75 Å². The summed E-state index contributed by atoms with van der Waals surface area (Å²) < 4.78 is 0. The van der Waals surface area contributed by atoms with Gasteiger partial charge in [0.15, 0.2) is 0 Å². The number of urea groups is 1. The number of rotatable bonds is 5. The van der Waals surface area contributed by atoms with Gasteiger partial charge >= 0.3 is 12.0 Å². The van der Waals surface area contributed by atoms with Crippen molar-refractivity contribution in [2.45, 2.75) is 39.2 Å². The molecule has 6 heteroatoms. The highest BCUT2D eigenvalue weighted by Gasteiger charge is 2.19. The summed E-state index contributed by atoms with van der Waals surface area (Å²) in [5, 5.41) is 23.8. The zero-order chi connectivity index (χ0) is 15.3. The van der Waals surface area contributed by atoms with Crippen LogP contribution in [0.1, 0.15) is 44.0 Å². The summed E-state index contributed by atoms with van der Waals surface area (Å²) in [6.45, 7) is 5.84. The lowest BCUT2D eigenvalue weighted by Crippen LogP contribution is -2.45. The molecule has 0 fully saturated rings. The van der Waals surface area contributed by atoms with Crippen molar-refractivity contribution in [2.75, 3.05) is 5.32 Å². The van der Waals surface area contributed by atoms with E-state index in [1.807, 2.05) is 20.8 Å². The molecule has 0 spiro atoms. The average molecular weight is 280 g/mol. The molecule has 2 amide bonds. The molecule has 0 aliphatic rings. The van der Waals surface area contributed by atoms with Crippen molar-refractivity contribution in [2.24, 2.45) is 0 Å². The molecule has 0 saturated carbocycles. The molecule has 6 nitrogen and oxygen atoms in total. The topological polar surface area (TPSA) is 98.7 Å². The lowest BCUT2D eigenvalue weighted by atomic mass is 9.99. The lowest BCUT2D eigenvalue weighted by Gasteiger charge is -2.25. The van der Waals surface area contributed by atoms with Gasteiger partial charge in [-0.05, 0) is 38.5 Å². The second-order valence-electron chi connectivity index (χ2n) is 5.25. The number of carbonyl (C=O) groups excluding carboxylic acids is 1. The molecule has 0 bridgehead atoms. The Morgan fingerprint density at radius 2 is 1.95 bits per heavy atom. The Hall–Kier alpha value is -2.24. The first-order chi connectivity index (χ1) is 9.25. The number of phenolic OH excluding ortho intramolecular Hbond substituents is 1. The minimum atomic E-state index is -1.14. The van der Waals surface area contributed by atoms with Gasteiger partial charge in [0.2, 0.25) is 0 Å². The number of carboxylic acid groups (broad SMARTS) is 1. The molecule has 0 atom stereocenters. The van der Waals surface area contributed by atoms with Crippen LogP contribution in [0, 0.1) is 0 Å². The van der Waals surface area contributed by atoms with Crippen LogP contribution in [0.2, 0.25) is 0 Å². The van der Waals surface area contributed by atoms with Crippen molar-refractivity contribution in [1.29, 1.82) is 0 Å². The highest BCUT2D eigenvalue weighted by atomic mass is 16.4. The molecule has 0 saturated heterocycles. The van der Waals surface area contributed by atoms with Crippen LogP contribution < -0.4 is 10.6 Å². The van der Waals surface area contributed by atoms with Crippen LogP contribution >= 0.6 is 0 Å². The number of anilines is 1. The van der Waals surface area contributed by atoms with Crippen LogP contribution in [0.3, 0.4) is 0 Å². The summed E-state index contributed by atoms with van der Waals surface area (Å²) in [6.07, 6.45) is 1.76. The van der Waals surface area contributed by atoms with E-state index in [4.69, 9.17) is 5.11 Å². The maximum absolute atomic E-state index is 11.8. The van der Waals surface area contributed by atoms with Gasteiger partial charge in [0, 0.05) is 5.54 Å². The lowest BCUT2D eigenvalue weighted by molar-refractivity contribution is 0.0696. The van der Waals surface area contributed by atoms with Crippen molar-refractivity contribution in [3.63, 3.8) is 0 Å². The molecular weight excluding hydrogens is 260 g/mol. The smallest absolute Gasteiger partial charge is 0.335 e. The molecule has 0 aliphatic heterocycles. The molecule has 1 aromatic carbocycles. The fourth-order valence-electron chi connectivity index (χ4n) is 1.92. The first-order valence-corrected chi connectivity index (χ1v) is 6.40. The fourth-order valence-corrected chi connectivity index (χ4v) is 1.92. The molecule has 1 rings (SSSR count). The van der Waals surface area contributed by atoms with Gasteiger partial charge < -0.3 is 20.8 Å². The minimum absolute atomic E-state index is 0.0419. The highest BCUT2D eigenvalue weighted by molar-refractivity contribution is 5.93. The number of phenols is 1. The number of aromatic carboxylic acids is 1. The first-order valence-electron chi connectivity index (χ1n) is 6.40. The number of nitrogens with one attached hydrogen (secondary N) is 2. The SMILES string of the molecule is CCCC(C)(C)NC(=O)Nc1ccc(C(=O)O)cc1O. The Bertz CT molecular complexity index is 512. The number of carbonyl (C=O) groups is 2. The number of hydrogen-bond acceptors (Lipinski definition) is 3. The van der Waals surface area contributed by atoms with Crippen molar-refractivity contribution < 1.29 is 19.8 Å². The van der Waals surface area contributed by atoms with E-state index in [9.17, 15) is 14.7 Å². The van der Waals surface area contributed by atoms with Crippen molar-refractivity contribution >= 4 is 17.7 Å². The quantitative estimate of drug-likeness (QED) is 0.623. The summed E-state index contributed by atoms with van der Waals surface area (Å²) >= 11 is 0. The maximum Gasteiger partial charge on any atom is 0.335 e. The molecule has 0 heterocycles. The van der Waals surface area contributed by atoms with Gasteiger partial charge in [0.1, 0.15) is 5.75 Å². The van der Waals surface area contributed by atoms with Crippen LogP contribution in [0.25, 0.3) is 0 Å². The molecular formula is C14H20N2O4. The summed E-state index contributed by atoms with van der Waals surface area (Å²) in [4.78, 5) is 22.6. The van der Waals surface area contributed by atoms with Crippen LogP contribution in [-0.4, -0.2) is 27.8 Å². The number of hydrogen-bond donors (Lipinski definition) is 4. The first kappa shape index (κ1) is 15.8. The van der Waals surface area contributed by atoms with Gasteiger partial charge in [-0.15, -0.1) is 0 Å². The molecule has 110 valence electrons. The van der Waals surface area contributed by atoms with Gasteiger partial charge in [-0.1, -0.05) is 13.3 Å². The van der Waals surface area contributed by atoms with E-state index in [1.165, 1.54) is 12.1 Å². The fraction of sp³-hybridized carbons (Fsp3) is 0.429. The van der Waals surface area contributed by atoms with E-state index in [2.05, 4.69) is 10.6 Å². The number of carboxylic acids is 1. The van der Waals surface area contributed by atoms with Crippen LogP contribution in [0.15, 0.2) is 18.2 Å². The van der Waals surface area contributed by atoms with E-state index in [0.717, 1.165) is 18.9 Å². The Labute approximate surface area is 117 Å². The third-order valence-corrected chi connectivity index (χ3v) is 2.82. The highest BCUT2D eigenvalue weighted by Crippen LogP contribution is 2.24. The standard InChI is InChI=1S/C14H20N2O4/c1-4-7-14(2,3)16-13(20)15-10-6-5-9(12(18)19)8-11(10)17/h5-6,8,17H,4,7H2,1-3H3,(H,18,19)(H2,15,16,20). The van der Waals surface area contributed by atoms with Crippen LogP contribution in [0.5, 0.6) is 5.75 Å². The molecule has 20 heavy (non-hydrogen) atoms. The van der Waals surface area contributed by atoms with Crippen molar-refractivity contribution in [3.05, 3.63) is 23.8 Å². The second-order valence-corrected chi connectivity index (χ2v) is 5.25. The van der Waals surface area contributed by atoms with Gasteiger partial charge in [-0.2, -0.15) is 0 Å². The molecule has 4 N–H and O–H groups in total. The largest absolute Gasteiger partial charge is 0.506 e. The summed E-state index contributed by atoms with van der Waals surface area (Å²) in [5.74, 6) is -1.42. The summed E-state index contributed by atoms with van der Waals surface area (Å²) in [5.41, 5.74) is -0.227. The van der Waals surface area contributed by atoms with Crippen molar-refractivity contribution in [1.82, 2.24) is 5.32 Å². The van der Waals surface area contributed by atoms with Gasteiger partial charge in [0.05, 0.1) is 11.3 Å². The predicted octanol–water partition coefficient (Wildman–Crippen LogP) is 2.79. The number of amides is 2. The Morgan fingerprint density at radius 1 is 1.30 bits per heavy atom. The normalized spacial score (nSPS) is 10.9. The third-order valence-electron chi connectivity index (χ3n) is 2.82. The second kappa shape index (κ2) is 6.27. The minimum Gasteiger partial charge on any atom is -0.506 e. The van der Waals surface area contributed by atoms with Crippen LogP contribution in [0.4, 0.5) is 10.5 Å². The van der Waals surface area contributed by atoms with Gasteiger partial charge in [0.25, 0.3) is 0 Å². The Balaban J connectivity index is 2.74. The van der Waals surface area contributed by atoms with E-state index in [0.29, 0.717) is 0 Å².